The van der Waals surface area contributed by atoms with Crippen LogP contribution in [0.5, 0.6) is 0 Å². The van der Waals surface area contributed by atoms with Crippen LogP contribution in [-0.2, 0) is 0 Å². The Balaban J connectivity index is 1.53. The molecule has 1 aromatic carbocycles. The van der Waals surface area contributed by atoms with Crippen LogP contribution in [0.25, 0.3) is 10.2 Å². The van der Waals surface area contributed by atoms with E-state index in [2.05, 4.69) is 15.6 Å². The first kappa shape index (κ1) is 11.4. The van der Waals surface area contributed by atoms with Gasteiger partial charge in [-0.15, -0.1) is 11.3 Å². The van der Waals surface area contributed by atoms with E-state index in [0.29, 0.717) is 11.0 Å². The lowest BCUT2D eigenvalue weighted by atomic mass is 10.1. The van der Waals surface area contributed by atoms with Crippen molar-refractivity contribution in [3.8, 4) is 0 Å². The number of benzene rings is 1. The van der Waals surface area contributed by atoms with Crippen molar-refractivity contribution in [2.45, 2.75) is 24.9 Å². The Morgan fingerprint density at radius 3 is 3.00 bits per heavy atom. The Morgan fingerprint density at radius 2 is 2.26 bits per heavy atom. The first-order valence-electron chi connectivity index (χ1n) is 6.69. The van der Waals surface area contributed by atoms with E-state index in [0.717, 1.165) is 29.1 Å². The number of carbonyl (C=O) groups is 1. The van der Waals surface area contributed by atoms with Gasteiger partial charge < -0.3 is 10.6 Å². The molecule has 2 bridgehead atoms. The topological polar surface area (TPSA) is 54.0 Å². The molecule has 98 valence electrons. The molecule has 2 fully saturated rings. The Morgan fingerprint density at radius 1 is 1.37 bits per heavy atom. The molecule has 19 heavy (non-hydrogen) atoms. The minimum absolute atomic E-state index is 0.0273. The van der Waals surface area contributed by atoms with Gasteiger partial charge in [-0.2, -0.15) is 0 Å². The maximum Gasteiger partial charge on any atom is 0.280 e. The summed E-state index contributed by atoms with van der Waals surface area (Å²) in [4.78, 5) is 16.7. The highest BCUT2D eigenvalue weighted by Gasteiger charge is 2.40. The lowest BCUT2D eigenvalue weighted by Crippen LogP contribution is -2.47. The van der Waals surface area contributed by atoms with Gasteiger partial charge in [0.15, 0.2) is 5.01 Å². The molecule has 0 radical (unpaired) electrons. The second-order valence-corrected chi connectivity index (χ2v) is 6.45. The van der Waals surface area contributed by atoms with Crippen molar-refractivity contribution in [3.05, 3.63) is 29.3 Å². The minimum atomic E-state index is -0.0273. The molecular weight excluding hydrogens is 258 g/mol. The molecule has 4 rings (SSSR count). The minimum Gasteiger partial charge on any atom is -0.346 e. The average molecular weight is 273 g/mol. The van der Waals surface area contributed by atoms with Gasteiger partial charge in [0, 0.05) is 12.1 Å². The summed E-state index contributed by atoms with van der Waals surface area (Å²) >= 11 is 1.47. The number of nitrogens with zero attached hydrogens (tertiary/aromatic N) is 1. The zero-order valence-electron chi connectivity index (χ0n) is 10.4. The van der Waals surface area contributed by atoms with E-state index in [9.17, 15) is 4.79 Å². The fraction of sp³-hybridized carbons (Fsp3) is 0.429. The molecule has 2 N–H and O–H groups in total. The smallest absolute Gasteiger partial charge is 0.280 e. The van der Waals surface area contributed by atoms with Gasteiger partial charge in [-0.3, -0.25) is 4.79 Å². The zero-order valence-corrected chi connectivity index (χ0v) is 11.2. The van der Waals surface area contributed by atoms with Crippen LogP contribution < -0.4 is 10.6 Å². The highest BCUT2D eigenvalue weighted by atomic mass is 32.1. The number of carbonyl (C=O) groups excluding carboxylic acids is 1. The molecular formula is C14H15N3OS. The molecule has 2 aliphatic rings. The molecule has 4 nitrogen and oxygen atoms in total. The van der Waals surface area contributed by atoms with E-state index in [1.165, 1.54) is 17.8 Å². The summed E-state index contributed by atoms with van der Waals surface area (Å²) in [5.74, 6) is 0.714. The van der Waals surface area contributed by atoms with Crippen molar-refractivity contribution >= 4 is 27.5 Å². The van der Waals surface area contributed by atoms with E-state index in [1.54, 1.807) is 0 Å². The Bertz CT molecular complexity index is 605. The van der Waals surface area contributed by atoms with Crippen LogP contribution in [0.2, 0.25) is 0 Å². The van der Waals surface area contributed by atoms with Crippen LogP contribution in [0.1, 0.15) is 22.6 Å². The van der Waals surface area contributed by atoms with E-state index in [1.807, 2.05) is 24.3 Å². The zero-order chi connectivity index (χ0) is 12.8. The summed E-state index contributed by atoms with van der Waals surface area (Å²) in [5, 5.41) is 7.16. The number of hydrogen-bond acceptors (Lipinski definition) is 4. The number of rotatable bonds is 2. The van der Waals surface area contributed by atoms with Crippen molar-refractivity contribution in [1.82, 2.24) is 15.6 Å². The summed E-state index contributed by atoms with van der Waals surface area (Å²) in [7, 11) is 0. The number of piperidine rings is 1. The Hall–Kier alpha value is -1.46. The molecule has 3 unspecified atom stereocenters. The highest BCUT2D eigenvalue weighted by Crippen LogP contribution is 2.31. The third kappa shape index (κ3) is 1.93. The number of para-hydroxylation sites is 1. The number of thiazole rings is 1. The summed E-state index contributed by atoms with van der Waals surface area (Å²) in [5.41, 5.74) is 0.906. The van der Waals surface area contributed by atoms with Crippen LogP contribution in [-0.4, -0.2) is 29.5 Å². The molecule has 1 amide bonds. The van der Waals surface area contributed by atoms with E-state index >= 15 is 0 Å². The van der Waals surface area contributed by atoms with Gasteiger partial charge in [0.25, 0.3) is 5.91 Å². The SMILES string of the molecule is O=C(NC1CC2CNC1C2)c1nc2ccccc2s1. The van der Waals surface area contributed by atoms with Crippen molar-refractivity contribution in [3.63, 3.8) is 0 Å². The molecule has 1 saturated heterocycles. The first-order valence-corrected chi connectivity index (χ1v) is 7.51. The van der Waals surface area contributed by atoms with Crippen LogP contribution in [0, 0.1) is 5.92 Å². The molecule has 2 heterocycles. The molecule has 3 atom stereocenters. The number of aromatic nitrogens is 1. The third-order valence-electron chi connectivity index (χ3n) is 4.13. The van der Waals surface area contributed by atoms with E-state index in [-0.39, 0.29) is 11.9 Å². The number of fused-ring (bicyclic) bond motifs is 3. The maximum atomic E-state index is 12.3. The maximum absolute atomic E-state index is 12.3. The van der Waals surface area contributed by atoms with Crippen molar-refractivity contribution in [1.29, 1.82) is 0 Å². The molecule has 5 heteroatoms. The Labute approximate surface area is 115 Å². The third-order valence-corrected chi connectivity index (χ3v) is 5.17. The van der Waals surface area contributed by atoms with Crippen molar-refractivity contribution in [2.24, 2.45) is 5.92 Å². The van der Waals surface area contributed by atoms with Gasteiger partial charge in [-0.05, 0) is 37.4 Å². The monoisotopic (exact) mass is 273 g/mol. The molecule has 1 saturated carbocycles. The van der Waals surface area contributed by atoms with Gasteiger partial charge in [0.1, 0.15) is 0 Å². The number of amides is 1. The highest BCUT2D eigenvalue weighted by molar-refractivity contribution is 7.20. The van der Waals surface area contributed by atoms with E-state index in [4.69, 9.17) is 0 Å². The molecule has 1 aromatic heterocycles. The van der Waals surface area contributed by atoms with Gasteiger partial charge >= 0.3 is 0 Å². The summed E-state index contributed by atoms with van der Waals surface area (Å²) < 4.78 is 1.07. The molecule has 1 aliphatic heterocycles. The predicted molar refractivity (Wildman–Crippen MR) is 75.4 cm³/mol. The summed E-state index contributed by atoms with van der Waals surface area (Å²) in [6.45, 7) is 1.11. The number of hydrogen-bond donors (Lipinski definition) is 2. The van der Waals surface area contributed by atoms with Crippen LogP contribution >= 0.6 is 11.3 Å². The second kappa shape index (κ2) is 4.28. The van der Waals surface area contributed by atoms with Gasteiger partial charge in [0.2, 0.25) is 0 Å². The lowest BCUT2D eigenvalue weighted by Gasteiger charge is -2.23. The fourth-order valence-electron chi connectivity index (χ4n) is 3.21. The normalized spacial score (nSPS) is 28.9. The molecule has 0 spiro atoms. The van der Waals surface area contributed by atoms with Crippen LogP contribution in [0.15, 0.2) is 24.3 Å². The van der Waals surface area contributed by atoms with Gasteiger partial charge in [-0.25, -0.2) is 4.98 Å². The van der Waals surface area contributed by atoms with Crippen molar-refractivity contribution in [2.75, 3.05) is 6.54 Å². The molecule has 2 aromatic rings. The quantitative estimate of drug-likeness (QED) is 0.877. The molecule has 1 aliphatic carbocycles. The standard InChI is InChI=1S/C14H15N3OS/c18-13(16-11-6-8-5-10(11)15-7-8)14-17-9-3-1-2-4-12(9)19-14/h1-4,8,10-11,15H,5-7H2,(H,16,18). The lowest BCUT2D eigenvalue weighted by molar-refractivity contribution is 0.0928. The first-order chi connectivity index (χ1) is 9.29. The number of nitrogens with one attached hydrogen (secondary N) is 2. The average Bonchev–Trinajstić information content (AvgIpc) is 3.12. The van der Waals surface area contributed by atoms with Crippen LogP contribution in [0.4, 0.5) is 0 Å². The van der Waals surface area contributed by atoms with Gasteiger partial charge in [0.05, 0.1) is 10.2 Å². The second-order valence-electron chi connectivity index (χ2n) is 5.42. The summed E-state index contributed by atoms with van der Waals surface area (Å²) in [6, 6.07) is 8.61. The summed E-state index contributed by atoms with van der Waals surface area (Å²) in [6.07, 6.45) is 2.30. The van der Waals surface area contributed by atoms with Crippen molar-refractivity contribution < 1.29 is 4.79 Å². The van der Waals surface area contributed by atoms with Crippen LogP contribution in [0.3, 0.4) is 0 Å². The van der Waals surface area contributed by atoms with Gasteiger partial charge in [-0.1, -0.05) is 12.1 Å². The Kier molecular flexibility index (Phi) is 2.56. The predicted octanol–water partition coefficient (Wildman–Crippen LogP) is 1.78. The largest absolute Gasteiger partial charge is 0.346 e. The fourth-order valence-corrected chi connectivity index (χ4v) is 4.08. The van der Waals surface area contributed by atoms with E-state index < -0.39 is 0 Å².